The molecule has 1 aliphatic heterocycles. The minimum Gasteiger partial charge on any atom is -0.504 e. The van der Waals surface area contributed by atoms with Gasteiger partial charge in [0.2, 0.25) is 0 Å². The summed E-state index contributed by atoms with van der Waals surface area (Å²) in [6.45, 7) is 2.83. The van der Waals surface area contributed by atoms with Gasteiger partial charge in [-0.25, -0.2) is 4.98 Å². The number of allylic oxidation sites excluding steroid dienone is 3. The molecule has 1 aromatic heterocycles. The first-order valence-electron chi connectivity index (χ1n) is 6.59. The van der Waals surface area contributed by atoms with Crippen LogP contribution in [0.3, 0.4) is 0 Å². The van der Waals surface area contributed by atoms with E-state index in [0.717, 1.165) is 12.8 Å². The van der Waals surface area contributed by atoms with Crippen LogP contribution in [0.1, 0.15) is 35.9 Å². The predicted molar refractivity (Wildman–Crippen MR) is 75.5 cm³/mol. The van der Waals surface area contributed by atoms with Crippen LogP contribution in [0.4, 0.5) is 0 Å². The molecule has 0 atom stereocenters. The lowest BCUT2D eigenvalue weighted by Gasteiger charge is -2.10. The SMILES string of the molecule is CCCCNC(=O)c1cnc2n(c1=O)CC=CC=C2O. The van der Waals surface area contributed by atoms with Gasteiger partial charge in [-0.3, -0.25) is 14.2 Å². The van der Waals surface area contributed by atoms with Crippen LogP contribution >= 0.6 is 0 Å². The maximum atomic E-state index is 12.3. The molecule has 0 saturated heterocycles. The van der Waals surface area contributed by atoms with E-state index in [9.17, 15) is 14.7 Å². The van der Waals surface area contributed by atoms with E-state index in [1.807, 2.05) is 6.92 Å². The van der Waals surface area contributed by atoms with Crippen LogP contribution in [0.2, 0.25) is 0 Å². The molecular weight excluding hydrogens is 258 g/mol. The molecule has 0 aromatic carbocycles. The van der Waals surface area contributed by atoms with Crippen molar-refractivity contribution in [3.05, 3.63) is 46.2 Å². The number of hydrogen-bond acceptors (Lipinski definition) is 4. The van der Waals surface area contributed by atoms with Crippen molar-refractivity contribution in [3.8, 4) is 0 Å². The molecule has 1 aliphatic rings. The van der Waals surface area contributed by atoms with E-state index in [1.54, 1.807) is 12.2 Å². The zero-order valence-corrected chi connectivity index (χ0v) is 11.3. The summed E-state index contributed by atoms with van der Waals surface area (Å²) < 4.78 is 1.28. The Morgan fingerprint density at radius 3 is 3.10 bits per heavy atom. The van der Waals surface area contributed by atoms with E-state index in [2.05, 4.69) is 10.3 Å². The van der Waals surface area contributed by atoms with Gasteiger partial charge in [0.1, 0.15) is 5.56 Å². The molecule has 6 heteroatoms. The summed E-state index contributed by atoms with van der Waals surface area (Å²) in [7, 11) is 0. The molecule has 6 nitrogen and oxygen atoms in total. The van der Waals surface area contributed by atoms with Crippen molar-refractivity contribution < 1.29 is 9.90 Å². The molecule has 0 aliphatic carbocycles. The molecule has 0 unspecified atom stereocenters. The zero-order chi connectivity index (χ0) is 14.5. The van der Waals surface area contributed by atoms with Gasteiger partial charge in [-0.15, -0.1) is 0 Å². The largest absolute Gasteiger partial charge is 0.504 e. The van der Waals surface area contributed by atoms with E-state index in [4.69, 9.17) is 0 Å². The molecule has 0 fully saturated rings. The van der Waals surface area contributed by atoms with Gasteiger partial charge in [0.25, 0.3) is 11.5 Å². The number of rotatable bonds is 4. The molecule has 2 heterocycles. The molecule has 0 radical (unpaired) electrons. The number of aliphatic hydroxyl groups excluding tert-OH is 1. The molecule has 2 N–H and O–H groups in total. The number of nitrogens with zero attached hydrogens (tertiary/aromatic N) is 2. The first-order valence-corrected chi connectivity index (χ1v) is 6.59. The number of carbonyl (C=O) groups excluding carboxylic acids is 1. The second-order valence-corrected chi connectivity index (χ2v) is 4.50. The average molecular weight is 275 g/mol. The fourth-order valence-electron chi connectivity index (χ4n) is 1.90. The second-order valence-electron chi connectivity index (χ2n) is 4.50. The first-order chi connectivity index (χ1) is 9.65. The Balaban J connectivity index is 2.32. The Morgan fingerprint density at radius 2 is 2.35 bits per heavy atom. The van der Waals surface area contributed by atoms with Gasteiger partial charge >= 0.3 is 0 Å². The van der Waals surface area contributed by atoms with Crippen molar-refractivity contribution in [3.63, 3.8) is 0 Å². The molecule has 106 valence electrons. The average Bonchev–Trinajstić information content (AvgIpc) is 2.62. The van der Waals surface area contributed by atoms with Gasteiger partial charge in [-0.2, -0.15) is 0 Å². The van der Waals surface area contributed by atoms with Gasteiger partial charge in [0.15, 0.2) is 11.6 Å². The fourth-order valence-corrected chi connectivity index (χ4v) is 1.90. The summed E-state index contributed by atoms with van der Waals surface area (Å²) in [5.41, 5.74) is -0.455. The normalized spacial score (nSPS) is 13.3. The minimum absolute atomic E-state index is 0.00652. The van der Waals surface area contributed by atoms with Crippen LogP contribution in [0, 0.1) is 0 Å². The predicted octanol–water partition coefficient (Wildman–Crippen LogP) is 1.24. The molecule has 20 heavy (non-hydrogen) atoms. The Morgan fingerprint density at radius 1 is 1.55 bits per heavy atom. The van der Waals surface area contributed by atoms with Crippen molar-refractivity contribution in [1.29, 1.82) is 0 Å². The number of fused-ring (bicyclic) bond motifs is 1. The van der Waals surface area contributed by atoms with Gasteiger partial charge in [0, 0.05) is 19.3 Å². The topological polar surface area (TPSA) is 84.2 Å². The number of carbonyl (C=O) groups is 1. The number of aliphatic hydroxyl groups is 1. The Hall–Kier alpha value is -2.37. The summed E-state index contributed by atoms with van der Waals surface area (Å²) >= 11 is 0. The summed E-state index contributed by atoms with van der Waals surface area (Å²) in [5.74, 6) is -0.346. The third-order valence-corrected chi connectivity index (χ3v) is 3.01. The lowest BCUT2D eigenvalue weighted by molar-refractivity contribution is 0.0950. The Bertz CT molecular complexity index is 629. The van der Waals surface area contributed by atoms with E-state index in [-0.39, 0.29) is 23.7 Å². The maximum absolute atomic E-state index is 12.3. The van der Waals surface area contributed by atoms with Crippen molar-refractivity contribution in [2.45, 2.75) is 26.3 Å². The van der Waals surface area contributed by atoms with Crippen molar-refractivity contribution in [1.82, 2.24) is 14.9 Å². The maximum Gasteiger partial charge on any atom is 0.267 e. The van der Waals surface area contributed by atoms with Crippen LogP contribution in [0.15, 0.2) is 29.2 Å². The minimum atomic E-state index is -0.449. The third-order valence-electron chi connectivity index (χ3n) is 3.01. The van der Waals surface area contributed by atoms with Crippen LogP contribution in [0.25, 0.3) is 5.76 Å². The molecule has 1 amide bonds. The standard InChI is InChI=1S/C14H17N3O3/c1-2-3-7-15-13(19)10-9-16-12-11(18)6-4-5-8-17(12)14(10)20/h4-6,9,18H,2-3,7-8H2,1H3,(H,15,19). The van der Waals surface area contributed by atoms with Crippen molar-refractivity contribution >= 4 is 11.7 Å². The lowest BCUT2D eigenvalue weighted by Crippen LogP contribution is -2.35. The zero-order valence-electron chi connectivity index (χ0n) is 11.3. The highest BCUT2D eigenvalue weighted by molar-refractivity contribution is 5.93. The quantitative estimate of drug-likeness (QED) is 0.810. The Kier molecular flexibility index (Phi) is 4.34. The number of nitrogens with one attached hydrogen (secondary N) is 1. The molecule has 0 saturated carbocycles. The number of hydrogen-bond donors (Lipinski definition) is 2. The fraction of sp³-hybridized carbons (Fsp3) is 0.357. The highest BCUT2D eigenvalue weighted by atomic mass is 16.3. The lowest BCUT2D eigenvalue weighted by atomic mass is 10.2. The van der Waals surface area contributed by atoms with Gasteiger partial charge in [-0.1, -0.05) is 25.5 Å². The van der Waals surface area contributed by atoms with Crippen LogP contribution in [0.5, 0.6) is 0 Å². The number of unbranched alkanes of at least 4 members (excludes halogenated alkanes) is 1. The smallest absolute Gasteiger partial charge is 0.267 e. The summed E-state index contributed by atoms with van der Waals surface area (Å²) in [6.07, 6.45) is 7.86. The molecule has 2 rings (SSSR count). The molecule has 0 spiro atoms. The van der Waals surface area contributed by atoms with Gasteiger partial charge in [-0.05, 0) is 12.5 Å². The third kappa shape index (κ3) is 2.79. The summed E-state index contributed by atoms with van der Waals surface area (Å²) in [6, 6.07) is 0. The van der Waals surface area contributed by atoms with Crippen molar-refractivity contribution in [2.24, 2.45) is 0 Å². The highest BCUT2D eigenvalue weighted by Crippen LogP contribution is 2.10. The first kappa shape index (κ1) is 14.0. The van der Waals surface area contributed by atoms with Crippen LogP contribution < -0.4 is 10.9 Å². The van der Waals surface area contributed by atoms with Crippen LogP contribution in [-0.2, 0) is 6.54 Å². The van der Waals surface area contributed by atoms with E-state index in [1.165, 1.54) is 16.8 Å². The van der Waals surface area contributed by atoms with E-state index < -0.39 is 11.5 Å². The molecule has 1 aromatic rings. The van der Waals surface area contributed by atoms with Gasteiger partial charge < -0.3 is 10.4 Å². The monoisotopic (exact) mass is 275 g/mol. The Labute approximate surface area is 116 Å². The van der Waals surface area contributed by atoms with E-state index in [0.29, 0.717) is 6.54 Å². The van der Waals surface area contributed by atoms with Crippen molar-refractivity contribution in [2.75, 3.05) is 6.54 Å². The number of amides is 1. The van der Waals surface area contributed by atoms with Crippen LogP contribution in [-0.4, -0.2) is 27.1 Å². The number of aromatic nitrogens is 2. The second kappa shape index (κ2) is 6.18. The highest BCUT2D eigenvalue weighted by Gasteiger charge is 2.17. The van der Waals surface area contributed by atoms with E-state index >= 15 is 0 Å². The van der Waals surface area contributed by atoms with Gasteiger partial charge in [0.05, 0.1) is 0 Å². The molecule has 0 bridgehead atoms. The summed E-state index contributed by atoms with van der Waals surface area (Å²) in [5, 5.41) is 12.4. The molecular formula is C14H17N3O3. The summed E-state index contributed by atoms with van der Waals surface area (Å²) in [4.78, 5) is 28.2.